The second-order valence-corrected chi connectivity index (χ2v) is 24.7. The van der Waals surface area contributed by atoms with Crippen LogP contribution < -0.4 is 31.7 Å². The average Bonchev–Trinajstić information content (AvgIpc) is 4.20. The number of hydrogen-bond donors (Lipinski definition) is 4. The van der Waals surface area contributed by atoms with Gasteiger partial charge in [-0.15, -0.1) is 0 Å². The molecule has 0 saturated carbocycles. The van der Waals surface area contributed by atoms with Gasteiger partial charge < -0.3 is 49.4 Å². The molecule has 2 fully saturated rings. The monoisotopic (exact) mass is 1120 g/mol. The highest BCUT2D eigenvalue weighted by Gasteiger charge is 2.50. The van der Waals surface area contributed by atoms with Crippen LogP contribution in [0.1, 0.15) is 104 Å². The lowest BCUT2D eigenvalue weighted by molar-refractivity contribution is -0.940. The van der Waals surface area contributed by atoms with E-state index in [2.05, 4.69) is 10.6 Å². The number of carbonyl (C=O) groups is 6. The summed E-state index contributed by atoms with van der Waals surface area (Å²) in [5.41, 5.74) is 7.48. The predicted octanol–water partition coefficient (Wildman–Crippen LogP) is 5.58. The third-order valence-corrected chi connectivity index (χ3v) is 13.5. The van der Waals surface area contributed by atoms with Gasteiger partial charge in [0, 0.05) is 49.7 Å². The number of ether oxygens (including phenoxy) is 4. The molecule has 2 aliphatic heterocycles. The van der Waals surface area contributed by atoms with Crippen LogP contribution in [0.2, 0.25) is 0 Å². The lowest BCUT2D eigenvalue weighted by atomic mass is 9.87. The number of aryl methyl sites for hydroxylation is 1. The number of ketones is 3. The maximum Gasteiger partial charge on any atom is 0.316 e. The van der Waals surface area contributed by atoms with Crippen molar-refractivity contribution in [2.24, 2.45) is 40.7 Å². The Morgan fingerprint density at radius 1 is 0.823 bits per heavy atom. The van der Waals surface area contributed by atoms with Crippen LogP contribution in [0.25, 0.3) is 0 Å². The molecule has 2 amide bonds. The molecule has 6 N–H and O–H groups in total. The van der Waals surface area contributed by atoms with Crippen molar-refractivity contribution in [2.75, 3.05) is 59.4 Å². The van der Waals surface area contributed by atoms with Gasteiger partial charge in [-0.3, -0.25) is 28.8 Å². The van der Waals surface area contributed by atoms with Gasteiger partial charge in [0.25, 0.3) is 0 Å². The first-order valence-corrected chi connectivity index (χ1v) is 28.9. The molecule has 0 aliphatic carbocycles. The van der Waals surface area contributed by atoms with Crippen LogP contribution >= 0.6 is 0 Å². The molecule has 0 unspecified atom stereocenters. The quantitative estimate of drug-likeness (QED) is 0.0126. The van der Waals surface area contributed by atoms with Crippen molar-refractivity contribution in [1.82, 2.24) is 15.6 Å². The Kier molecular flexibility index (Phi) is 24.8. The third-order valence-electron chi connectivity index (χ3n) is 13.5. The van der Waals surface area contributed by atoms with E-state index in [-0.39, 0.29) is 67.3 Å². The number of rotatable bonds is 29. The Labute approximate surface area is 467 Å². The Balaban J connectivity index is 0.00000257. The third kappa shape index (κ3) is 23.7. The fraction of sp³-hybridized carbons (Fsp3) is 0.559. The summed E-state index contributed by atoms with van der Waals surface area (Å²) in [6.07, 6.45) is 3.75. The molecule has 3 aromatic carbocycles. The molecule has 2 aliphatic rings. The van der Waals surface area contributed by atoms with E-state index in [0.717, 1.165) is 16.7 Å². The molecule has 436 valence electrons. The minimum atomic E-state index is -3.92. The summed E-state index contributed by atoms with van der Waals surface area (Å²) >= 11 is 0. The number of Topliss-reactive ketones (excluding diaryl/α,β-unsaturated/α-hetero) is 3. The van der Waals surface area contributed by atoms with Crippen molar-refractivity contribution >= 4 is 45.3 Å². The number of nitrogens with one attached hydrogen (secondary N) is 2. The zero-order chi connectivity index (χ0) is 58.7. The smallest absolute Gasteiger partial charge is 0.316 e. The number of amides is 2. The van der Waals surface area contributed by atoms with Crippen LogP contribution in [0.5, 0.6) is 11.5 Å². The number of benzene rings is 3. The van der Waals surface area contributed by atoms with Crippen LogP contribution in [0.3, 0.4) is 0 Å². The van der Waals surface area contributed by atoms with Crippen molar-refractivity contribution in [2.45, 2.75) is 125 Å². The summed E-state index contributed by atoms with van der Waals surface area (Å²) in [6, 6.07) is 22.8. The van der Waals surface area contributed by atoms with E-state index in [1.807, 2.05) is 94.4 Å². The molecule has 3 aromatic rings. The highest BCUT2D eigenvalue weighted by Crippen LogP contribution is 2.34. The lowest BCUT2D eigenvalue weighted by Crippen LogP contribution is -2.57. The molecule has 19 nitrogen and oxygen atoms in total. The van der Waals surface area contributed by atoms with Crippen LogP contribution in [-0.2, 0) is 67.7 Å². The Bertz CT molecular complexity index is 2640. The van der Waals surface area contributed by atoms with Gasteiger partial charge >= 0.3 is 5.97 Å². The molecule has 0 aromatic heterocycles. The minimum absolute atomic E-state index is 0.0000432. The Morgan fingerprint density at radius 2 is 1.37 bits per heavy atom. The normalized spacial score (nSPS) is 17.7. The zero-order valence-corrected chi connectivity index (χ0v) is 48.7. The van der Waals surface area contributed by atoms with Crippen LogP contribution in [0.4, 0.5) is 0 Å². The molecule has 5 atom stereocenters. The van der Waals surface area contributed by atoms with Crippen LogP contribution in [0.15, 0.2) is 90.8 Å². The predicted molar refractivity (Wildman–Crippen MR) is 300 cm³/mol. The second kappa shape index (κ2) is 30.0. The first-order chi connectivity index (χ1) is 36.9. The minimum Gasteiger partial charge on any atom is -0.748 e. The van der Waals surface area contributed by atoms with Gasteiger partial charge in [-0.2, -0.15) is 0 Å². The van der Waals surface area contributed by atoms with Gasteiger partial charge in [0.2, 0.25) is 11.8 Å². The number of nitrogens with two attached hydrogens (primary N) is 2. The van der Waals surface area contributed by atoms with Gasteiger partial charge in [0.05, 0.1) is 53.1 Å². The van der Waals surface area contributed by atoms with E-state index >= 15 is 0 Å². The fourth-order valence-corrected chi connectivity index (χ4v) is 9.26. The maximum absolute atomic E-state index is 14.7. The molecule has 2 saturated heterocycles. The largest absolute Gasteiger partial charge is 0.748 e. The van der Waals surface area contributed by atoms with Crippen molar-refractivity contribution in [3.8, 4) is 11.5 Å². The van der Waals surface area contributed by atoms with Gasteiger partial charge in [0.15, 0.2) is 28.8 Å². The molecule has 0 spiro atoms. The SMILES string of the molecule is CC(C)C[C@H](NC(=O)[C@H](CCc1ccccc1)CC(=O)C[N+]1(Cc2ccc(OC(=O)C(C)(C)C)c(OC/C(N)=C/N(C)N)c2)CCOCC1)C(=O)C[C@@H](Cc1ccccc1)C(=O)N[C@@H](CC(C)C)C(=O)[C@@]1(C)CO1.CS(=O)(=O)[O-]. The standard InChI is InChI=1S/C58H82N6O10.CH4O3S/c1-39(2)28-48(50(66)33-45(30-42-18-14-11-15-19-42)55(69)62-49(29-40(3)4)53(67)58(8)38-73-58)61-54(68)44(22-20-41-16-12-10-13-17-41)32-47(65)36-64(24-26-71-27-25-64)35-43-21-23-51(74-56(70)57(5,6)7)52(31-43)72-37-46(59)34-63(9)60;1-5(2,3)4/h10-19,21,23,31,34,39-40,44-45,48-49H,20,22,24-30,32-33,35-38,59-60H2,1-9H3,(H-,61,62,68,69);1H3,(H,2,3,4)/b46-34-;/t44-,45-,48+,49+,58-;/m1./s1. The van der Waals surface area contributed by atoms with Gasteiger partial charge in [-0.1, -0.05) is 88.4 Å². The second-order valence-electron chi connectivity index (χ2n) is 23.3. The summed E-state index contributed by atoms with van der Waals surface area (Å²) in [7, 11) is -2.28. The summed E-state index contributed by atoms with van der Waals surface area (Å²) in [5.74, 6) is 2.94. The van der Waals surface area contributed by atoms with Crippen molar-refractivity contribution < 1.29 is 65.2 Å². The first-order valence-electron chi connectivity index (χ1n) is 27.1. The summed E-state index contributed by atoms with van der Waals surface area (Å²) < 4.78 is 50.8. The van der Waals surface area contributed by atoms with Crippen molar-refractivity contribution in [3.05, 3.63) is 107 Å². The van der Waals surface area contributed by atoms with E-state index in [1.54, 1.807) is 46.9 Å². The van der Waals surface area contributed by atoms with Gasteiger partial charge in [0.1, 0.15) is 38.4 Å². The molecular weight excluding hydrogens is 1030 g/mol. The van der Waals surface area contributed by atoms with E-state index < -0.39 is 62.8 Å². The summed E-state index contributed by atoms with van der Waals surface area (Å²) in [5, 5.41) is 7.41. The Hall–Kier alpha value is -6.03. The topological polar surface area (TPSA) is 279 Å². The van der Waals surface area contributed by atoms with E-state index in [9.17, 15) is 28.8 Å². The molecule has 79 heavy (non-hydrogen) atoms. The highest BCUT2D eigenvalue weighted by atomic mass is 32.2. The summed E-state index contributed by atoms with van der Waals surface area (Å²) in [4.78, 5) is 84.9. The maximum atomic E-state index is 14.7. The molecular formula is C59H86N6O13S. The molecule has 0 bridgehead atoms. The first kappa shape index (κ1) is 65.5. The number of hydrogen-bond acceptors (Lipinski definition) is 16. The van der Waals surface area contributed by atoms with Crippen LogP contribution in [0, 0.1) is 29.1 Å². The molecule has 0 radical (unpaired) electrons. The number of epoxide rings is 1. The summed E-state index contributed by atoms with van der Waals surface area (Å²) in [6.45, 7) is 17.6. The average molecular weight is 1120 g/mol. The number of hydrazine groups is 1. The van der Waals surface area contributed by atoms with Gasteiger partial charge in [-0.05, 0) is 101 Å². The van der Waals surface area contributed by atoms with Crippen molar-refractivity contribution in [1.29, 1.82) is 0 Å². The lowest BCUT2D eigenvalue weighted by Gasteiger charge is -2.41. The number of carbonyl (C=O) groups excluding carboxylic acids is 6. The van der Waals surface area contributed by atoms with Gasteiger partial charge in [-0.25, -0.2) is 14.3 Å². The fourth-order valence-electron chi connectivity index (χ4n) is 9.26. The molecule has 5 rings (SSSR count). The number of morpholine rings is 1. The highest BCUT2D eigenvalue weighted by molar-refractivity contribution is 7.84. The number of nitrogens with zero attached hydrogens (tertiary/aromatic N) is 2. The molecule has 20 heteroatoms. The Morgan fingerprint density at radius 3 is 1.91 bits per heavy atom. The van der Waals surface area contributed by atoms with Crippen LogP contribution in [-0.4, -0.2) is 135 Å². The van der Waals surface area contributed by atoms with E-state index in [4.69, 9.17) is 43.5 Å². The van der Waals surface area contributed by atoms with E-state index in [0.29, 0.717) is 87.3 Å². The van der Waals surface area contributed by atoms with Crippen molar-refractivity contribution in [3.63, 3.8) is 0 Å². The number of esters is 1. The zero-order valence-electron chi connectivity index (χ0n) is 47.9. The molecule has 2 heterocycles. The van der Waals surface area contributed by atoms with E-state index in [1.165, 1.54) is 11.2 Å². The number of quaternary nitrogens is 1.